The molecular weight excluding hydrogens is 350 g/mol. The number of aromatic amines is 1. The first-order chi connectivity index (χ1) is 13.7. The standard InChI is InChI=1S/C23H41N3O2/c1-4-5-13-26(2)18-20-17-24-25-22(20)19-9-10-21(28-15-8-14-27-3)23(16-19)11-6-7-12-23/h17,19,21H,4-16,18H2,1-3H3,(H,24,25). The normalized spacial score (nSPS) is 24.4. The maximum Gasteiger partial charge on any atom is 0.0631 e. The van der Waals surface area contributed by atoms with Crippen molar-refractivity contribution >= 4 is 0 Å². The van der Waals surface area contributed by atoms with Gasteiger partial charge < -0.3 is 14.4 Å². The molecule has 28 heavy (non-hydrogen) atoms. The number of nitrogens with zero attached hydrogens (tertiary/aromatic N) is 2. The highest BCUT2D eigenvalue weighted by atomic mass is 16.5. The van der Waals surface area contributed by atoms with E-state index in [4.69, 9.17) is 9.47 Å². The first-order valence-electron chi connectivity index (χ1n) is 11.5. The summed E-state index contributed by atoms with van der Waals surface area (Å²) >= 11 is 0. The van der Waals surface area contributed by atoms with Crippen molar-refractivity contribution in [3.8, 4) is 0 Å². The van der Waals surface area contributed by atoms with E-state index < -0.39 is 0 Å². The van der Waals surface area contributed by atoms with Crippen LogP contribution in [0.3, 0.4) is 0 Å². The molecule has 2 atom stereocenters. The Bertz CT molecular complexity index is 568. The molecule has 1 aromatic heterocycles. The van der Waals surface area contributed by atoms with Gasteiger partial charge in [-0.2, -0.15) is 5.10 Å². The first-order valence-corrected chi connectivity index (χ1v) is 11.5. The maximum atomic E-state index is 6.41. The number of rotatable bonds is 11. The van der Waals surface area contributed by atoms with E-state index in [1.54, 1.807) is 7.11 Å². The number of aromatic nitrogens is 2. The van der Waals surface area contributed by atoms with E-state index in [0.29, 0.717) is 17.4 Å². The zero-order valence-corrected chi connectivity index (χ0v) is 18.3. The minimum Gasteiger partial charge on any atom is -0.385 e. The number of H-pyrrole nitrogens is 1. The zero-order chi connectivity index (χ0) is 19.8. The molecule has 5 nitrogen and oxygen atoms in total. The molecule has 2 aliphatic carbocycles. The van der Waals surface area contributed by atoms with E-state index in [0.717, 1.165) is 32.7 Å². The monoisotopic (exact) mass is 391 g/mol. The van der Waals surface area contributed by atoms with Crippen LogP contribution in [0.5, 0.6) is 0 Å². The Morgan fingerprint density at radius 2 is 2.04 bits per heavy atom. The van der Waals surface area contributed by atoms with Gasteiger partial charge in [0.05, 0.1) is 12.3 Å². The number of nitrogens with one attached hydrogen (secondary N) is 1. The van der Waals surface area contributed by atoms with Crippen LogP contribution in [0, 0.1) is 5.41 Å². The Morgan fingerprint density at radius 1 is 1.21 bits per heavy atom. The van der Waals surface area contributed by atoms with E-state index in [2.05, 4.69) is 35.3 Å². The molecule has 1 spiro atoms. The fourth-order valence-corrected chi connectivity index (χ4v) is 5.52. The number of hydrogen-bond donors (Lipinski definition) is 1. The van der Waals surface area contributed by atoms with Crippen LogP contribution in [-0.4, -0.2) is 55.1 Å². The molecule has 2 unspecified atom stereocenters. The Balaban J connectivity index is 1.63. The quantitative estimate of drug-likeness (QED) is 0.546. The first kappa shape index (κ1) is 21.8. The largest absolute Gasteiger partial charge is 0.385 e. The lowest BCUT2D eigenvalue weighted by Crippen LogP contribution is -2.41. The van der Waals surface area contributed by atoms with E-state index in [9.17, 15) is 0 Å². The lowest BCUT2D eigenvalue weighted by atomic mass is 9.65. The second kappa shape index (κ2) is 10.7. The average molecular weight is 392 g/mol. The van der Waals surface area contributed by atoms with Gasteiger partial charge in [-0.15, -0.1) is 0 Å². The average Bonchev–Trinajstić information content (AvgIpc) is 3.35. The molecule has 0 aliphatic heterocycles. The number of unbranched alkanes of at least 4 members (excludes halogenated alkanes) is 1. The highest BCUT2D eigenvalue weighted by Gasteiger charge is 2.47. The molecule has 0 aromatic carbocycles. The van der Waals surface area contributed by atoms with Gasteiger partial charge in [-0.1, -0.05) is 26.2 Å². The SMILES string of the molecule is CCCCN(C)Cc1cn[nH]c1C1CCC(OCCCOC)C2(CCCC2)C1. The van der Waals surface area contributed by atoms with Crippen molar-refractivity contribution in [1.29, 1.82) is 0 Å². The third-order valence-electron chi connectivity index (χ3n) is 7.02. The Hall–Kier alpha value is -0.910. The summed E-state index contributed by atoms with van der Waals surface area (Å²) in [6.07, 6.45) is 15.0. The third-order valence-corrected chi connectivity index (χ3v) is 7.02. The van der Waals surface area contributed by atoms with Crippen LogP contribution in [0.25, 0.3) is 0 Å². The molecular formula is C23H41N3O2. The predicted octanol–water partition coefficient (Wildman–Crippen LogP) is 4.89. The van der Waals surface area contributed by atoms with Gasteiger partial charge in [-0.3, -0.25) is 5.10 Å². The molecule has 0 amide bonds. The molecule has 2 fully saturated rings. The van der Waals surface area contributed by atoms with Crippen LogP contribution < -0.4 is 0 Å². The number of ether oxygens (including phenoxy) is 2. The molecule has 1 N–H and O–H groups in total. The second-order valence-electron chi connectivity index (χ2n) is 9.15. The summed E-state index contributed by atoms with van der Waals surface area (Å²) in [5.41, 5.74) is 3.18. The second-order valence-corrected chi connectivity index (χ2v) is 9.15. The van der Waals surface area contributed by atoms with Crippen LogP contribution in [0.2, 0.25) is 0 Å². The van der Waals surface area contributed by atoms with E-state index in [1.165, 1.54) is 69.0 Å². The van der Waals surface area contributed by atoms with E-state index >= 15 is 0 Å². The molecule has 160 valence electrons. The van der Waals surface area contributed by atoms with Crippen molar-refractivity contribution < 1.29 is 9.47 Å². The minimum atomic E-state index is 0.381. The van der Waals surface area contributed by atoms with Gasteiger partial charge in [-0.05, 0) is 64.0 Å². The summed E-state index contributed by atoms with van der Waals surface area (Å²) in [5, 5.41) is 7.82. The minimum absolute atomic E-state index is 0.381. The molecule has 0 saturated heterocycles. The molecule has 0 bridgehead atoms. The fourth-order valence-electron chi connectivity index (χ4n) is 5.52. The van der Waals surface area contributed by atoms with Crippen LogP contribution >= 0.6 is 0 Å². The topological polar surface area (TPSA) is 50.4 Å². The Morgan fingerprint density at radius 3 is 2.79 bits per heavy atom. The van der Waals surface area contributed by atoms with Crippen molar-refractivity contribution in [3.63, 3.8) is 0 Å². The molecule has 2 saturated carbocycles. The summed E-state index contributed by atoms with van der Waals surface area (Å²) in [4.78, 5) is 2.44. The van der Waals surface area contributed by atoms with Gasteiger partial charge in [0.25, 0.3) is 0 Å². The van der Waals surface area contributed by atoms with E-state index in [-0.39, 0.29) is 0 Å². The van der Waals surface area contributed by atoms with Gasteiger partial charge in [0.1, 0.15) is 0 Å². The van der Waals surface area contributed by atoms with Crippen LogP contribution in [0.1, 0.15) is 88.3 Å². The van der Waals surface area contributed by atoms with Crippen molar-refractivity contribution in [1.82, 2.24) is 15.1 Å². The maximum absolute atomic E-state index is 6.41. The van der Waals surface area contributed by atoms with Gasteiger partial charge >= 0.3 is 0 Å². The predicted molar refractivity (Wildman–Crippen MR) is 114 cm³/mol. The smallest absolute Gasteiger partial charge is 0.0631 e. The van der Waals surface area contributed by atoms with Crippen molar-refractivity contribution in [2.24, 2.45) is 5.41 Å². The van der Waals surface area contributed by atoms with Crippen LogP contribution in [0.4, 0.5) is 0 Å². The third kappa shape index (κ3) is 5.37. The van der Waals surface area contributed by atoms with Gasteiger partial charge in [0.2, 0.25) is 0 Å². The Kier molecular flexibility index (Phi) is 8.36. The number of methoxy groups -OCH3 is 1. The van der Waals surface area contributed by atoms with Crippen molar-refractivity contribution in [2.45, 2.75) is 89.7 Å². The van der Waals surface area contributed by atoms with Gasteiger partial charge in [0, 0.05) is 44.0 Å². The summed E-state index contributed by atoms with van der Waals surface area (Å²) in [5.74, 6) is 0.606. The van der Waals surface area contributed by atoms with Crippen molar-refractivity contribution in [3.05, 3.63) is 17.5 Å². The van der Waals surface area contributed by atoms with Crippen LogP contribution in [-0.2, 0) is 16.0 Å². The molecule has 3 rings (SSSR count). The van der Waals surface area contributed by atoms with Gasteiger partial charge in [0.15, 0.2) is 0 Å². The van der Waals surface area contributed by atoms with Crippen LogP contribution in [0.15, 0.2) is 6.20 Å². The fraction of sp³-hybridized carbons (Fsp3) is 0.870. The molecule has 0 radical (unpaired) electrons. The molecule has 1 heterocycles. The molecule has 5 heteroatoms. The zero-order valence-electron chi connectivity index (χ0n) is 18.3. The lowest BCUT2D eigenvalue weighted by molar-refractivity contribution is -0.0736. The number of hydrogen-bond acceptors (Lipinski definition) is 4. The van der Waals surface area contributed by atoms with E-state index in [1.807, 2.05) is 0 Å². The summed E-state index contributed by atoms with van der Waals surface area (Å²) in [6.45, 7) is 6.06. The van der Waals surface area contributed by atoms with Crippen molar-refractivity contribution in [2.75, 3.05) is 33.9 Å². The Labute approximate surface area is 171 Å². The highest BCUT2D eigenvalue weighted by Crippen LogP contribution is 2.54. The highest BCUT2D eigenvalue weighted by molar-refractivity contribution is 5.22. The summed E-state index contributed by atoms with van der Waals surface area (Å²) in [6, 6.07) is 0. The lowest BCUT2D eigenvalue weighted by Gasteiger charge is -2.44. The summed E-state index contributed by atoms with van der Waals surface area (Å²) < 4.78 is 11.6. The molecule has 2 aliphatic rings. The van der Waals surface area contributed by atoms with Gasteiger partial charge in [-0.25, -0.2) is 0 Å². The summed E-state index contributed by atoms with van der Waals surface area (Å²) in [7, 11) is 4.00. The molecule has 1 aromatic rings.